The number of phosphoric acid groups is 2. The van der Waals surface area contributed by atoms with Crippen molar-refractivity contribution in [1.29, 1.82) is 0 Å². The third kappa shape index (κ3) is 22.5. The molecule has 12 heteroatoms. The molecule has 9 nitrogen and oxygen atoms in total. The number of hydrogen-bond acceptors (Lipinski definition) is 3. The molecule has 0 aromatic carbocycles. The van der Waals surface area contributed by atoms with Gasteiger partial charge in [-0.1, -0.05) is 0 Å². The normalized spacial score (nSPS) is 10.3. The molecule has 12 heavy (non-hydrogen) atoms. The summed E-state index contributed by atoms with van der Waals surface area (Å²) in [6.45, 7) is 0. The summed E-state index contributed by atoms with van der Waals surface area (Å²) in [5.41, 5.74) is 0. The molecule has 74 valence electrons. The van der Waals surface area contributed by atoms with Gasteiger partial charge in [0.1, 0.15) is 0 Å². The Labute approximate surface area is 90.6 Å². The van der Waals surface area contributed by atoms with Gasteiger partial charge in [-0.25, -0.2) is 9.13 Å². The van der Waals surface area contributed by atoms with Gasteiger partial charge in [-0.15, -0.1) is 0 Å². The van der Waals surface area contributed by atoms with Crippen molar-refractivity contribution in [2.24, 2.45) is 0 Å². The topological polar surface area (TPSA) is 187 Å². The first kappa shape index (κ1) is 23.2. The van der Waals surface area contributed by atoms with Gasteiger partial charge in [0.05, 0.1) is 0 Å². The first-order valence-electron chi connectivity index (χ1n) is 1.53. The summed E-state index contributed by atoms with van der Waals surface area (Å²) >= 11 is 0. The van der Waals surface area contributed by atoms with Crippen LogP contribution in [0, 0.1) is 0 Å². The molecule has 0 saturated heterocycles. The van der Waals surface area contributed by atoms with Crippen LogP contribution in [0.1, 0.15) is 1.43 Å². The Balaban J connectivity index is -0.0000000533. The fraction of sp³-hybridized carbons (Fsp3) is 0. The molecule has 0 saturated carbocycles. The Morgan fingerprint density at radius 1 is 0.917 bits per heavy atom. The van der Waals surface area contributed by atoms with Crippen molar-refractivity contribution in [1.82, 2.24) is 0 Å². The van der Waals surface area contributed by atoms with Crippen LogP contribution in [0.4, 0.5) is 0 Å². The minimum atomic E-state index is -5.05. The van der Waals surface area contributed by atoms with Crippen molar-refractivity contribution in [2.45, 2.75) is 0 Å². The van der Waals surface area contributed by atoms with E-state index >= 15 is 0 Å². The average molecular weight is 238 g/mol. The van der Waals surface area contributed by atoms with Crippen LogP contribution in [-0.4, -0.2) is 30.5 Å². The van der Waals surface area contributed by atoms with Crippen LogP contribution in [0.5, 0.6) is 0 Å². The monoisotopic (exact) mass is 238 g/mol. The van der Waals surface area contributed by atoms with E-state index in [2.05, 4.69) is 4.31 Å². The van der Waals surface area contributed by atoms with Crippen LogP contribution in [0.25, 0.3) is 0 Å². The van der Waals surface area contributed by atoms with E-state index in [4.69, 9.17) is 19.6 Å². The molecule has 0 bridgehead atoms. The minimum Gasteiger partial charge on any atom is -1.00 e. The fourth-order valence-corrected chi connectivity index (χ4v) is 1.25. The molecule has 0 aromatic heterocycles. The fourth-order valence-electron chi connectivity index (χ4n) is 0.139. The van der Waals surface area contributed by atoms with Crippen LogP contribution in [-0.2, 0) is 13.4 Å². The van der Waals surface area contributed by atoms with Gasteiger partial charge in [-0.05, 0) is 0 Å². The second-order valence-corrected chi connectivity index (χ2v) is 3.68. The van der Waals surface area contributed by atoms with Gasteiger partial charge in [-0.3, -0.25) is 0 Å². The summed E-state index contributed by atoms with van der Waals surface area (Å²) < 4.78 is 22.2. The van der Waals surface area contributed by atoms with Crippen LogP contribution in [0.3, 0.4) is 0 Å². The summed E-state index contributed by atoms with van der Waals surface area (Å²) in [5, 5.41) is 0. The SMILES string of the molecule is O.O.O=P(O)(O)OP(=O)(O)O.[H-].[Na+]. The summed E-state index contributed by atoms with van der Waals surface area (Å²) in [7, 11) is -10.1. The van der Waals surface area contributed by atoms with E-state index in [1.807, 2.05) is 0 Å². The summed E-state index contributed by atoms with van der Waals surface area (Å²) in [5.74, 6) is 0. The van der Waals surface area contributed by atoms with E-state index in [1.54, 1.807) is 0 Å². The standard InChI is InChI=1S/Na.H4O7P2.2H2O.H/c;1-8(2,3)7-9(4,5)6;;;/h;(H2,1,2,3)(H2,4,5,6);2*1H2;/q+1;;;;-1. The average Bonchev–Trinajstić information content (AvgIpc) is 1.14. The third-order valence-corrected chi connectivity index (χ3v) is 1.91. The van der Waals surface area contributed by atoms with E-state index in [0.717, 1.165) is 0 Å². The maximum absolute atomic E-state index is 9.63. The Hall–Kier alpha value is 1.18. The molecule has 0 amide bonds. The van der Waals surface area contributed by atoms with Crippen molar-refractivity contribution in [2.75, 3.05) is 0 Å². The maximum atomic E-state index is 9.63. The predicted molar refractivity (Wildman–Crippen MR) is 33.5 cm³/mol. The summed E-state index contributed by atoms with van der Waals surface area (Å²) in [6.07, 6.45) is 0. The van der Waals surface area contributed by atoms with Crippen LogP contribution < -0.4 is 29.6 Å². The molecule has 8 N–H and O–H groups in total. The molecule has 0 aliphatic carbocycles. The zero-order valence-corrected chi connectivity index (χ0v) is 9.70. The zero-order valence-electron chi connectivity index (χ0n) is 6.91. The Kier molecular flexibility index (Phi) is 14.6. The Bertz CT molecular complexity index is 158. The molecule has 0 heterocycles. The molecule has 0 rings (SSSR count). The largest absolute Gasteiger partial charge is 1.00 e. The van der Waals surface area contributed by atoms with Crippen LogP contribution >= 0.6 is 15.6 Å². The molecule has 0 radical (unpaired) electrons. The van der Waals surface area contributed by atoms with Gasteiger partial charge in [0.15, 0.2) is 0 Å². The second-order valence-electron chi connectivity index (χ2n) is 1.06. The smallest absolute Gasteiger partial charge is 1.00 e. The zero-order chi connectivity index (χ0) is 7.71. The van der Waals surface area contributed by atoms with E-state index < -0.39 is 15.6 Å². The van der Waals surface area contributed by atoms with E-state index in [9.17, 15) is 9.13 Å². The van der Waals surface area contributed by atoms with Gasteiger partial charge >= 0.3 is 45.2 Å². The van der Waals surface area contributed by atoms with Gasteiger partial charge in [-0.2, -0.15) is 4.31 Å². The predicted octanol–water partition coefficient (Wildman–Crippen LogP) is -5.34. The molecule has 0 fully saturated rings. The van der Waals surface area contributed by atoms with E-state index in [0.29, 0.717) is 0 Å². The summed E-state index contributed by atoms with van der Waals surface area (Å²) in [4.78, 5) is 31.0. The molecule has 0 aliphatic heterocycles. The second kappa shape index (κ2) is 7.57. The Morgan fingerprint density at radius 3 is 1.08 bits per heavy atom. The van der Waals surface area contributed by atoms with Crippen molar-refractivity contribution < 1.29 is 75.0 Å². The van der Waals surface area contributed by atoms with Gasteiger partial charge in [0.2, 0.25) is 0 Å². The first-order chi connectivity index (χ1) is 3.71. The molecule has 0 spiro atoms. The van der Waals surface area contributed by atoms with Crippen molar-refractivity contribution in [3.05, 3.63) is 0 Å². The Morgan fingerprint density at radius 2 is 1.08 bits per heavy atom. The molecular weight excluding hydrogens is 229 g/mol. The number of rotatable bonds is 2. The van der Waals surface area contributed by atoms with Gasteiger partial charge in [0, 0.05) is 0 Å². The maximum Gasteiger partial charge on any atom is 1.00 e. The molecule has 0 atom stereocenters. The van der Waals surface area contributed by atoms with Crippen LogP contribution in [0.15, 0.2) is 0 Å². The number of hydrogen-bond donors (Lipinski definition) is 4. The molecule has 0 aliphatic rings. The van der Waals surface area contributed by atoms with Crippen LogP contribution in [0.2, 0.25) is 0 Å². The molecule has 0 aromatic rings. The first-order valence-corrected chi connectivity index (χ1v) is 4.59. The summed E-state index contributed by atoms with van der Waals surface area (Å²) in [6, 6.07) is 0. The minimum absolute atomic E-state index is 0. The van der Waals surface area contributed by atoms with Gasteiger partial charge in [0.25, 0.3) is 0 Å². The van der Waals surface area contributed by atoms with Gasteiger partial charge < -0.3 is 32.0 Å². The van der Waals surface area contributed by atoms with Crippen molar-refractivity contribution in [3.8, 4) is 0 Å². The van der Waals surface area contributed by atoms with Crippen molar-refractivity contribution >= 4 is 15.6 Å². The van der Waals surface area contributed by atoms with E-state index in [1.165, 1.54) is 0 Å². The molecule has 0 unspecified atom stereocenters. The third-order valence-electron chi connectivity index (χ3n) is 0.213. The van der Waals surface area contributed by atoms with Crippen molar-refractivity contribution in [3.63, 3.8) is 0 Å². The van der Waals surface area contributed by atoms with E-state index in [-0.39, 0.29) is 41.9 Å². The molecular formula is H9NaO9P2. The quantitative estimate of drug-likeness (QED) is 0.272.